The first-order chi connectivity index (χ1) is 13.8. The van der Waals surface area contributed by atoms with E-state index in [0.29, 0.717) is 47.8 Å². The molecule has 0 saturated carbocycles. The van der Waals surface area contributed by atoms with Crippen LogP contribution in [-0.2, 0) is 19.6 Å². The van der Waals surface area contributed by atoms with Gasteiger partial charge in [-0.3, -0.25) is 4.79 Å². The molecule has 1 aliphatic rings. The van der Waals surface area contributed by atoms with E-state index < -0.39 is 22.0 Å². The first-order valence-electron chi connectivity index (χ1n) is 8.88. The van der Waals surface area contributed by atoms with E-state index in [4.69, 9.17) is 32.7 Å². The van der Waals surface area contributed by atoms with Crippen LogP contribution in [0, 0.1) is 0 Å². The average Bonchev–Trinajstić information content (AvgIpc) is 2.71. The number of sulfonamides is 1. The van der Waals surface area contributed by atoms with Crippen molar-refractivity contribution in [1.29, 1.82) is 0 Å². The number of carbonyl (C=O) groups is 1. The van der Waals surface area contributed by atoms with Crippen LogP contribution in [0.25, 0.3) is 0 Å². The van der Waals surface area contributed by atoms with E-state index in [9.17, 15) is 13.2 Å². The first-order valence-corrected chi connectivity index (χ1v) is 11.1. The standard InChI is InChI=1S/C19H20Cl2N2O5S/c1-13(28-18-12-14(20)2-7-17(18)21)19(24)22-15-3-5-16(6-4-15)29(25,26)23-8-10-27-11-9-23/h2-7,12-13H,8-11H2,1H3,(H,22,24). The van der Waals surface area contributed by atoms with Gasteiger partial charge in [-0.25, -0.2) is 8.42 Å². The second kappa shape index (κ2) is 9.32. The Morgan fingerprint density at radius 1 is 1.14 bits per heavy atom. The number of hydrogen-bond acceptors (Lipinski definition) is 5. The minimum Gasteiger partial charge on any atom is -0.479 e. The second-order valence-corrected chi connectivity index (χ2v) is 9.15. The maximum atomic E-state index is 12.6. The zero-order chi connectivity index (χ0) is 21.0. The smallest absolute Gasteiger partial charge is 0.265 e. The molecule has 156 valence electrons. The number of morpholine rings is 1. The molecule has 3 rings (SSSR count). The summed E-state index contributed by atoms with van der Waals surface area (Å²) in [6, 6.07) is 10.7. The van der Waals surface area contributed by atoms with Gasteiger partial charge >= 0.3 is 0 Å². The van der Waals surface area contributed by atoms with Gasteiger partial charge in [0, 0.05) is 29.9 Å². The molecule has 1 aliphatic heterocycles. The highest BCUT2D eigenvalue weighted by atomic mass is 35.5. The van der Waals surface area contributed by atoms with Crippen molar-refractivity contribution in [3.63, 3.8) is 0 Å². The van der Waals surface area contributed by atoms with Crippen molar-refractivity contribution in [2.45, 2.75) is 17.9 Å². The fourth-order valence-electron chi connectivity index (χ4n) is 2.70. The largest absolute Gasteiger partial charge is 0.479 e. The molecule has 0 aliphatic carbocycles. The molecular weight excluding hydrogens is 439 g/mol. The molecule has 1 saturated heterocycles. The Hall–Kier alpha value is -1.84. The fraction of sp³-hybridized carbons (Fsp3) is 0.316. The number of benzene rings is 2. The van der Waals surface area contributed by atoms with Crippen LogP contribution < -0.4 is 10.1 Å². The summed E-state index contributed by atoms with van der Waals surface area (Å²) in [5.41, 5.74) is 0.448. The first kappa shape index (κ1) is 21.9. The van der Waals surface area contributed by atoms with E-state index in [-0.39, 0.29) is 4.90 Å². The number of nitrogens with zero attached hydrogens (tertiary/aromatic N) is 1. The molecule has 10 heteroatoms. The van der Waals surface area contributed by atoms with Gasteiger partial charge in [-0.15, -0.1) is 0 Å². The lowest BCUT2D eigenvalue weighted by atomic mass is 10.3. The maximum Gasteiger partial charge on any atom is 0.265 e. The molecule has 7 nitrogen and oxygen atoms in total. The molecular formula is C19H20Cl2N2O5S. The van der Waals surface area contributed by atoms with Crippen molar-refractivity contribution in [1.82, 2.24) is 4.31 Å². The zero-order valence-corrected chi connectivity index (χ0v) is 17.9. The number of ether oxygens (including phenoxy) is 2. The normalized spacial score (nSPS) is 16.2. The molecule has 0 radical (unpaired) electrons. The fourth-order valence-corrected chi connectivity index (χ4v) is 4.43. The molecule has 0 aromatic heterocycles. The van der Waals surface area contributed by atoms with Gasteiger partial charge in [0.15, 0.2) is 6.10 Å². The van der Waals surface area contributed by atoms with Crippen LogP contribution in [0.15, 0.2) is 47.4 Å². The molecule has 1 amide bonds. The van der Waals surface area contributed by atoms with Crippen LogP contribution >= 0.6 is 23.2 Å². The van der Waals surface area contributed by atoms with Gasteiger partial charge < -0.3 is 14.8 Å². The quantitative estimate of drug-likeness (QED) is 0.716. The van der Waals surface area contributed by atoms with Crippen molar-refractivity contribution in [3.05, 3.63) is 52.5 Å². The van der Waals surface area contributed by atoms with Crippen molar-refractivity contribution < 1.29 is 22.7 Å². The molecule has 2 aromatic carbocycles. The predicted octanol–water partition coefficient (Wildman–Crippen LogP) is 3.42. The van der Waals surface area contributed by atoms with E-state index in [0.717, 1.165) is 0 Å². The Bertz CT molecular complexity index is 977. The lowest BCUT2D eigenvalue weighted by Gasteiger charge is -2.26. The second-order valence-electron chi connectivity index (χ2n) is 6.36. The van der Waals surface area contributed by atoms with Crippen LogP contribution in [0.5, 0.6) is 5.75 Å². The topological polar surface area (TPSA) is 84.9 Å². The van der Waals surface area contributed by atoms with Crippen LogP contribution in [0.1, 0.15) is 6.92 Å². The lowest BCUT2D eigenvalue weighted by molar-refractivity contribution is -0.122. The molecule has 1 N–H and O–H groups in total. The van der Waals surface area contributed by atoms with Crippen LogP contribution in [0.4, 0.5) is 5.69 Å². The van der Waals surface area contributed by atoms with Crippen LogP contribution in [-0.4, -0.2) is 51.0 Å². The summed E-state index contributed by atoms with van der Waals surface area (Å²) in [7, 11) is -3.58. The Morgan fingerprint density at radius 3 is 2.45 bits per heavy atom. The van der Waals surface area contributed by atoms with Gasteiger partial charge in [-0.2, -0.15) is 4.31 Å². The van der Waals surface area contributed by atoms with Crippen molar-refractivity contribution >= 4 is 44.8 Å². The van der Waals surface area contributed by atoms with E-state index in [1.807, 2.05) is 0 Å². The number of rotatable bonds is 6. The third kappa shape index (κ3) is 5.40. The summed E-state index contributed by atoms with van der Waals surface area (Å²) in [5, 5.41) is 3.46. The molecule has 1 heterocycles. The number of anilines is 1. The summed E-state index contributed by atoms with van der Waals surface area (Å²) >= 11 is 12.0. The van der Waals surface area contributed by atoms with Crippen molar-refractivity contribution in [2.24, 2.45) is 0 Å². The number of hydrogen-bond donors (Lipinski definition) is 1. The van der Waals surface area contributed by atoms with E-state index in [1.54, 1.807) is 19.1 Å². The Labute approximate surface area is 179 Å². The van der Waals surface area contributed by atoms with E-state index >= 15 is 0 Å². The monoisotopic (exact) mass is 458 g/mol. The van der Waals surface area contributed by atoms with E-state index in [1.165, 1.54) is 34.6 Å². The highest BCUT2D eigenvalue weighted by Crippen LogP contribution is 2.28. The molecule has 1 unspecified atom stereocenters. The minimum absolute atomic E-state index is 0.160. The summed E-state index contributed by atoms with van der Waals surface area (Å²) in [6.07, 6.45) is -0.845. The number of carbonyl (C=O) groups excluding carboxylic acids is 1. The van der Waals surface area contributed by atoms with Crippen molar-refractivity contribution in [3.8, 4) is 5.75 Å². The summed E-state index contributed by atoms with van der Waals surface area (Å²) in [6.45, 7) is 2.97. The zero-order valence-electron chi connectivity index (χ0n) is 15.6. The maximum absolute atomic E-state index is 12.6. The van der Waals surface area contributed by atoms with Gasteiger partial charge in [0.1, 0.15) is 5.75 Å². The van der Waals surface area contributed by atoms with Crippen LogP contribution in [0.2, 0.25) is 10.0 Å². The number of amides is 1. The van der Waals surface area contributed by atoms with Gasteiger partial charge in [0.25, 0.3) is 5.91 Å². The third-order valence-corrected chi connectivity index (χ3v) is 6.76. The minimum atomic E-state index is -3.58. The average molecular weight is 459 g/mol. The SMILES string of the molecule is CC(Oc1cc(Cl)ccc1Cl)C(=O)Nc1ccc(S(=O)(=O)N2CCOCC2)cc1. The molecule has 2 aromatic rings. The Kier molecular flexibility index (Phi) is 7.02. The molecule has 0 bridgehead atoms. The van der Waals surface area contributed by atoms with E-state index in [2.05, 4.69) is 5.32 Å². The summed E-state index contributed by atoms with van der Waals surface area (Å²) in [4.78, 5) is 12.5. The molecule has 29 heavy (non-hydrogen) atoms. The molecule has 1 fully saturated rings. The van der Waals surface area contributed by atoms with Gasteiger partial charge in [0.2, 0.25) is 10.0 Å². The highest BCUT2D eigenvalue weighted by Gasteiger charge is 2.26. The van der Waals surface area contributed by atoms with Crippen molar-refractivity contribution in [2.75, 3.05) is 31.6 Å². The lowest BCUT2D eigenvalue weighted by Crippen LogP contribution is -2.40. The Morgan fingerprint density at radius 2 is 1.79 bits per heavy atom. The molecule has 1 atom stereocenters. The Balaban J connectivity index is 1.64. The molecule has 0 spiro atoms. The van der Waals surface area contributed by atoms with Gasteiger partial charge in [0.05, 0.1) is 23.1 Å². The number of nitrogens with one attached hydrogen (secondary N) is 1. The third-order valence-electron chi connectivity index (χ3n) is 4.30. The van der Waals surface area contributed by atoms with Gasteiger partial charge in [-0.05, 0) is 43.3 Å². The van der Waals surface area contributed by atoms with Gasteiger partial charge in [-0.1, -0.05) is 23.2 Å². The predicted molar refractivity (Wildman–Crippen MR) is 111 cm³/mol. The number of halogens is 2. The summed E-state index contributed by atoms with van der Waals surface area (Å²) in [5.74, 6) is -0.112. The van der Waals surface area contributed by atoms with Crippen LogP contribution in [0.3, 0.4) is 0 Å². The summed E-state index contributed by atoms with van der Waals surface area (Å²) < 4.78 is 37.4. The highest BCUT2D eigenvalue weighted by molar-refractivity contribution is 7.89.